The molecular formula is C15H20BrNO. The van der Waals surface area contributed by atoms with Crippen LogP contribution in [0.2, 0.25) is 0 Å². The first-order valence-corrected chi connectivity index (χ1v) is 7.55. The fourth-order valence-electron chi connectivity index (χ4n) is 2.12. The molecule has 98 valence electrons. The summed E-state index contributed by atoms with van der Waals surface area (Å²) in [6.45, 7) is 2.99. The van der Waals surface area contributed by atoms with Crippen molar-refractivity contribution in [2.75, 3.05) is 6.61 Å². The summed E-state index contributed by atoms with van der Waals surface area (Å²) < 4.78 is 6.77. The zero-order valence-corrected chi connectivity index (χ0v) is 12.4. The van der Waals surface area contributed by atoms with Crippen LogP contribution in [0.4, 0.5) is 0 Å². The number of unbranched alkanes of at least 4 members (excludes halogenated alkanes) is 3. The largest absolute Gasteiger partial charge is 0.475 e. The van der Waals surface area contributed by atoms with E-state index in [0.717, 1.165) is 29.0 Å². The van der Waals surface area contributed by atoms with E-state index in [1.54, 1.807) is 0 Å². The van der Waals surface area contributed by atoms with Crippen molar-refractivity contribution in [3.8, 4) is 0 Å². The fraction of sp³-hybridized carbons (Fsp3) is 0.533. The van der Waals surface area contributed by atoms with E-state index >= 15 is 0 Å². The molecule has 2 rings (SSSR count). The molecule has 0 fully saturated rings. The Morgan fingerprint density at radius 1 is 1.22 bits per heavy atom. The lowest BCUT2D eigenvalue weighted by Crippen LogP contribution is -2.05. The molecule has 0 saturated heterocycles. The zero-order chi connectivity index (χ0) is 12.8. The molecule has 1 aliphatic rings. The van der Waals surface area contributed by atoms with Gasteiger partial charge in [0.2, 0.25) is 5.90 Å². The SMILES string of the molecule is CCCCCCC1COC(c2ccc(Br)cc2)=N1. The number of ether oxygens (including phenoxy) is 1. The van der Waals surface area contributed by atoms with Crippen LogP contribution in [0, 0.1) is 0 Å². The second-order valence-electron chi connectivity index (χ2n) is 4.76. The van der Waals surface area contributed by atoms with Gasteiger partial charge in [-0.15, -0.1) is 0 Å². The molecule has 0 N–H and O–H groups in total. The normalized spacial score (nSPS) is 18.6. The second-order valence-corrected chi connectivity index (χ2v) is 5.67. The molecule has 3 heteroatoms. The molecule has 0 aliphatic carbocycles. The van der Waals surface area contributed by atoms with E-state index in [4.69, 9.17) is 4.74 Å². The number of halogens is 1. The van der Waals surface area contributed by atoms with Crippen molar-refractivity contribution in [2.45, 2.75) is 45.1 Å². The predicted octanol–water partition coefficient (Wildman–Crippen LogP) is 4.56. The van der Waals surface area contributed by atoms with Gasteiger partial charge >= 0.3 is 0 Å². The molecule has 0 amide bonds. The third-order valence-electron chi connectivity index (χ3n) is 3.19. The minimum absolute atomic E-state index is 0.362. The molecule has 18 heavy (non-hydrogen) atoms. The molecule has 1 aliphatic heterocycles. The van der Waals surface area contributed by atoms with Gasteiger partial charge in [-0.3, -0.25) is 0 Å². The van der Waals surface area contributed by atoms with Gasteiger partial charge in [0.25, 0.3) is 0 Å². The zero-order valence-electron chi connectivity index (χ0n) is 10.9. The number of nitrogens with zero attached hydrogens (tertiary/aromatic N) is 1. The summed E-state index contributed by atoms with van der Waals surface area (Å²) in [4.78, 5) is 4.66. The summed E-state index contributed by atoms with van der Waals surface area (Å²) in [6.07, 6.45) is 6.35. The van der Waals surface area contributed by atoms with E-state index < -0.39 is 0 Å². The molecule has 0 aromatic heterocycles. The highest BCUT2D eigenvalue weighted by atomic mass is 79.9. The quantitative estimate of drug-likeness (QED) is 0.706. The predicted molar refractivity (Wildman–Crippen MR) is 79.2 cm³/mol. The Labute approximate surface area is 118 Å². The maximum absolute atomic E-state index is 5.68. The average molecular weight is 310 g/mol. The van der Waals surface area contributed by atoms with E-state index in [0.29, 0.717) is 6.04 Å². The molecular weight excluding hydrogens is 290 g/mol. The summed E-state index contributed by atoms with van der Waals surface area (Å²) in [5, 5.41) is 0. The van der Waals surface area contributed by atoms with E-state index in [1.165, 1.54) is 25.7 Å². The van der Waals surface area contributed by atoms with Crippen LogP contribution in [0.3, 0.4) is 0 Å². The van der Waals surface area contributed by atoms with Gasteiger partial charge in [0.1, 0.15) is 6.61 Å². The number of hydrogen-bond donors (Lipinski definition) is 0. The Hall–Kier alpha value is -0.830. The highest BCUT2D eigenvalue weighted by molar-refractivity contribution is 9.10. The van der Waals surface area contributed by atoms with E-state index in [-0.39, 0.29) is 0 Å². The Bertz CT molecular complexity index is 399. The smallest absolute Gasteiger partial charge is 0.216 e. The minimum atomic E-state index is 0.362. The van der Waals surface area contributed by atoms with Crippen molar-refractivity contribution >= 4 is 21.8 Å². The first-order valence-electron chi connectivity index (χ1n) is 6.76. The van der Waals surface area contributed by atoms with Crippen LogP contribution in [-0.4, -0.2) is 18.5 Å². The van der Waals surface area contributed by atoms with Gasteiger partial charge in [0.05, 0.1) is 6.04 Å². The number of rotatable bonds is 6. The summed E-state index contributed by atoms with van der Waals surface area (Å²) >= 11 is 3.43. The van der Waals surface area contributed by atoms with Gasteiger partial charge in [-0.2, -0.15) is 0 Å². The van der Waals surface area contributed by atoms with Crippen molar-refractivity contribution in [1.29, 1.82) is 0 Å². The summed E-state index contributed by atoms with van der Waals surface area (Å²) in [6, 6.07) is 8.50. The lowest BCUT2D eigenvalue weighted by atomic mass is 10.1. The standard InChI is InChI=1S/C15H20BrNO/c1-2-3-4-5-6-14-11-18-15(17-14)12-7-9-13(16)10-8-12/h7-10,14H,2-6,11H2,1H3. The summed E-state index contributed by atoms with van der Waals surface area (Å²) in [5.74, 6) is 0.808. The molecule has 2 nitrogen and oxygen atoms in total. The van der Waals surface area contributed by atoms with E-state index in [1.807, 2.05) is 24.3 Å². The van der Waals surface area contributed by atoms with Crippen LogP contribution in [0.25, 0.3) is 0 Å². The first kappa shape index (κ1) is 13.6. The van der Waals surface area contributed by atoms with Gasteiger partial charge in [0, 0.05) is 10.0 Å². The number of hydrogen-bond acceptors (Lipinski definition) is 2. The van der Waals surface area contributed by atoms with E-state index in [2.05, 4.69) is 27.8 Å². The van der Waals surface area contributed by atoms with Crippen LogP contribution in [0.5, 0.6) is 0 Å². The molecule has 0 radical (unpaired) electrons. The van der Waals surface area contributed by atoms with Crippen molar-refractivity contribution in [3.05, 3.63) is 34.3 Å². The monoisotopic (exact) mass is 309 g/mol. The van der Waals surface area contributed by atoms with Crippen LogP contribution >= 0.6 is 15.9 Å². The topological polar surface area (TPSA) is 21.6 Å². The van der Waals surface area contributed by atoms with Gasteiger partial charge in [0.15, 0.2) is 0 Å². The third kappa shape index (κ3) is 3.84. The lowest BCUT2D eigenvalue weighted by Gasteiger charge is -2.03. The van der Waals surface area contributed by atoms with Crippen LogP contribution < -0.4 is 0 Å². The maximum Gasteiger partial charge on any atom is 0.216 e. The molecule has 0 bridgehead atoms. The second kappa shape index (κ2) is 6.93. The van der Waals surface area contributed by atoms with Crippen molar-refractivity contribution in [1.82, 2.24) is 0 Å². The Kier molecular flexibility index (Phi) is 5.24. The van der Waals surface area contributed by atoms with Crippen LogP contribution in [-0.2, 0) is 4.74 Å². The molecule has 1 unspecified atom stereocenters. The molecule has 0 saturated carbocycles. The van der Waals surface area contributed by atoms with E-state index in [9.17, 15) is 0 Å². The van der Waals surface area contributed by atoms with Gasteiger partial charge < -0.3 is 4.74 Å². The molecule has 0 spiro atoms. The number of aliphatic imine (C=N–C) groups is 1. The van der Waals surface area contributed by atoms with Gasteiger partial charge in [-0.1, -0.05) is 48.5 Å². The molecule has 1 aromatic carbocycles. The van der Waals surface area contributed by atoms with Gasteiger partial charge in [-0.05, 0) is 30.7 Å². The first-order chi connectivity index (χ1) is 8.79. The van der Waals surface area contributed by atoms with Crippen LogP contribution in [0.15, 0.2) is 33.7 Å². The lowest BCUT2D eigenvalue weighted by molar-refractivity contribution is 0.309. The fourth-order valence-corrected chi connectivity index (χ4v) is 2.38. The van der Waals surface area contributed by atoms with Crippen molar-refractivity contribution < 1.29 is 4.74 Å². The van der Waals surface area contributed by atoms with Crippen molar-refractivity contribution in [2.24, 2.45) is 4.99 Å². The van der Waals surface area contributed by atoms with Crippen LogP contribution in [0.1, 0.15) is 44.6 Å². The molecule has 1 heterocycles. The maximum atomic E-state index is 5.68. The minimum Gasteiger partial charge on any atom is -0.475 e. The Balaban J connectivity index is 1.86. The molecule has 1 aromatic rings. The Morgan fingerprint density at radius 3 is 2.72 bits per heavy atom. The number of benzene rings is 1. The van der Waals surface area contributed by atoms with Gasteiger partial charge in [-0.25, -0.2) is 4.99 Å². The highest BCUT2D eigenvalue weighted by Crippen LogP contribution is 2.18. The Morgan fingerprint density at radius 2 is 2.00 bits per heavy atom. The van der Waals surface area contributed by atoms with Crippen molar-refractivity contribution in [3.63, 3.8) is 0 Å². The summed E-state index contributed by atoms with van der Waals surface area (Å²) in [5.41, 5.74) is 1.08. The summed E-state index contributed by atoms with van der Waals surface area (Å²) in [7, 11) is 0. The highest BCUT2D eigenvalue weighted by Gasteiger charge is 2.19. The third-order valence-corrected chi connectivity index (χ3v) is 3.72. The average Bonchev–Trinajstić information content (AvgIpc) is 2.84. The molecule has 1 atom stereocenters.